The van der Waals surface area contributed by atoms with E-state index in [9.17, 15) is 18.3 Å². The number of fused-ring (bicyclic) bond motifs is 1. The number of hydrogen-bond donors (Lipinski definition) is 3. The average molecular weight is 740 g/mol. The zero-order valence-electron chi connectivity index (χ0n) is 31.5. The third kappa shape index (κ3) is 8.36. The molecule has 3 N–H and O–H groups in total. The molecular formula is C40H49N7O5S. The topological polar surface area (TPSA) is 161 Å². The highest BCUT2D eigenvalue weighted by atomic mass is 32.2. The number of aromatic nitrogens is 5. The third-order valence-corrected chi connectivity index (χ3v) is 11.4. The van der Waals surface area contributed by atoms with Crippen LogP contribution in [0.25, 0.3) is 22.4 Å². The molecule has 0 saturated carbocycles. The van der Waals surface area contributed by atoms with Gasteiger partial charge in [-0.3, -0.25) is 4.98 Å². The van der Waals surface area contributed by atoms with Crippen LogP contribution in [0.4, 0.5) is 5.95 Å². The van der Waals surface area contributed by atoms with Gasteiger partial charge in [-0.1, -0.05) is 64.8 Å². The summed E-state index contributed by atoms with van der Waals surface area (Å²) in [4.78, 5) is 30.4. The molecule has 1 unspecified atom stereocenters. The van der Waals surface area contributed by atoms with Gasteiger partial charge >= 0.3 is 5.97 Å². The van der Waals surface area contributed by atoms with E-state index in [0.29, 0.717) is 11.6 Å². The van der Waals surface area contributed by atoms with Gasteiger partial charge in [0.1, 0.15) is 12.1 Å². The minimum absolute atomic E-state index is 0.0325. The van der Waals surface area contributed by atoms with Crippen LogP contribution in [0, 0.1) is 19.8 Å². The van der Waals surface area contributed by atoms with Gasteiger partial charge in [0, 0.05) is 35.8 Å². The lowest BCUT2D eigenvalue weighted by molar-refractivity contribution is 0.0696. The zero-order chi connectivity index (χ0) is 38.1. The van der Waals surface area contributed by atoms with Crippen molar-refractivity contribution in [1.29, 1.82) is 0 Å². The highest BCUT2D eigenvalue weighted by molar-refractivity contribution is 7.92. The van der Waals surface area contributed by atoms with E-state index in [-0.39, 0.29) is 46.4 Å². The predicted octanol–water partition coefficient (Wildman–Crippen LogP) is 7.52. The number of carboxylic acid groups (broad SMARTS) is 1. The molecule has 13 heteroatoms. The molecule has 2 aromatic carbocycles. The van der Waals surface area contributed by atoms with Crippen molar-refractivity contribution < 1.29 is 23.1 Å². The maximum Gasteiger partial charge on any atom is 0.335 e. The second-order valence-corrected chi connectivity index (χ2v) is 16.8. The molecule has 280 valence electrons. The first-order valence-corrected chi connectivity index (χ1v) is 19.7. The van der Waals surface area contributed by atoms with Crippen molar-refractivity contribution in [2.75, 3.05) is 11.3 Å². The number of nitrogens with zero attached hydrogens (tertiary/aromatic N) is 5. The van der Waals surface area contributed by atoms with Gasteiger partial charge in [-0.15, -0.1) is 0 Å². The van der Waals surface area contributed by atoms with E-state index in [1.54, 1.807) is 6.07 Å². The SMILES string of the molecule is CCC[C@@H]1CCCC(c2cnc3cc(C(C)(C)C)n(C)c3n2)N[C@H]1COc1cc(-c2c(C)cccc2C)nc(NS(=O)(=O)c2cccc(C(=O)O)c2)n1. The Kier molecular flexibility index (Phi) is 10.9. The number of ether oxygens (including phenoxy) is 1. The largest absolute Gasteiger partial charge is 0.478 e. The highest BCUT2D eigenvalue weighted by Gasteiger charge is 2.31. The Labute approximate surface area is 311 Å². The van der Waals surface area contributed by atoms with Crippen LogP contribution < -0.4 is 14.8 Å². The van der Waals surface area contributed by atoms with Crippen LogP contribution in [-0.2, 0) is 22.5 Å². The molecule has 3 aromatic heterocycles. The Morgan fingerprint density at radius 1 is 1.04 bits per heavy atom. The van der Waals surface area contributed by atoms with E-state index >= 15 is 0 Å². The Balaban J connectivity index is 1.32. The van der Waals surface area contributed by atoms with Gasteiger partial charge in [-0.05, 0) is 74.4 Å². The highest BCUT2D eigenvalue weighted by Crippen LogP contribution is 2.33. The number of hydrogen-bond acceptors (Lipinski definition) is 9. The van der Waals surface area contributed by atoms with Crippen LogP contribution >= 0.6 is 0 Å². The minimum atomic E-state index is -4.25. The summed E-state index contributed by atoms with van der Waals surface area (Å²) in [5.41, 5.74) is 6.87. The lowest BCUT2D eigenvalue weighted by Gasteiger charge is -2.28. The molecule has 0 spiro atoms. The first-order chi connectivity index (χ1) is 25.1. The molecule has 1 aliphatic heterocycles. The van der Waals surface area contributed by atoms with Crippen molar-refractivity contribution >= 4 is 33.1 Å². The Morgan fingerprint density at radius 3 is 2.47 bits per heavy atom. The minimum Gasteiger partial charge on any atom is -0.478 e. The van der Waals surface area contributed by atoms with Gasteiger partial charge in [-0.25, -0.2) is 27.9 Å². The number of sulfonamides is 1. The summed E-state index contributed by atoms with van der Waals surface area (Å²) in [5.74, 6) is -0.863. The van der Waals surface area contributed by atoms with Crippen molar-refractivity contribution in [3.05, 3.63) is 88.9 Å². The van der Waals surface area contributed by atoms with E-state index in [4.69, 9.17) is 14.7 Å². The normalized spacial score (nSPS) is 18.1. The lowest BCUT2D eigenvalue weighted by atomic mass is 9.91. The molecule has 3 atom stereocenters. The molecule has 1 saturated heterocycles. The fourth-order valence-corrected chi connectivity index (χ4v) is 8.41. The molecule has 0 radical (unpaired) electrons. The fourth-order valence-electron chi connectivity index (χ4n) is 7.42. The molecule has 5 aromatic rings. The van der Waals surface area contributed by atoms with Crippen molar-refractivity contribution in [3.63, 3.8) is 0 Å². The molecule has 4 heterocycles. The molecule has 12 nitrogen and oxygen atoms in total. The summed E-state index contributed by atoms with van der Waals surface area (Å²) in [6, 6.07) is 14.8. The van der Waals surface area contributed by atoms with E-state index in [2.05, 4.69) is 58.3 Å². The van der Waals surface area contributed by atoms with Crippen LogP contribution in [-0.4, -0.2) is 56.6 Å². The van der Waals surface area contributed by atoms with E-state index in [1.165, 1.54) is 23.9 Å². The molecule has 1 fully saturated rings. The van der Waals surface area contributed by atoms with Gasteiger partial charge in [-0.2, -0.15) is 4.98 Å². The van der Waals surface area contributed by atoms with Crippen LogP contribution in [0.15, 0.2) is 65.7 Å². The Bertz CT molecular complexity index is 2230. The van der Waals surface area contributed by atoms with E-state index in [0.717, 1.165) is 71.7 Å². The van der Waals surface area contributed by atoms with Crippen LogP contribution in [0.3, 0.4) is 0 Å². The second-order valence-electron chi connectivity index (χ2n) is 15.1. The van der Waals surface area contributed by atoms with Crippen molar-refractivity contribution in [2.45, 2.75) is 96.0 Å². The van der Waals surface area contributed by atoms with Crippen molar-refractivity contribution in [3.8, 4) is 17.1 Å². The number of aromatic carboxylic acids is 1. The van der Waals surface area contributed by atoms with Crippen molar-refractivity contribution in [1.82, 2.24) is 29.8 Å². The number of aryl methyl sites for hydroxylation is 3. The van der Waals surface area contributed by atoms with Crippen LogP contribution in [0.2, 0.25) is 0 Å². The van der Waals surface area contributed by atoms with Gasteiger partial charge in [0.15, 0.2) is 5.65 Å². The first-order valence-electron chi connectivity index (χ1n) is 18.2. The maximum atomic E-state index is 13.5. The Morgan fingerprint density at radius 2 is 1.77 bits per heavy atom. The summed E-state index contributed by atoms with van der Waals surface area (Å²) in [6.07, 6.45) is 6.89. The monoisotopic (exact) mass is 739 g/mol. The molecular weight excluding hydrogens is 691 g/mol. The molecule has 0 bridgehead atoms. The smallest absolute Gasteiger partial charge is 0.335 e. The summed E-state index contributed by atoms with van der Waals surface area (Å²) in [6.45, 7) is 13.0. The third-order valence-electron chi connectivity index (χ3n) is 10.1. The lowest BCUT2D eigenvalue weighted by Crippen LogP contribution is -2.41. The predicted molar refractivity (Wildman–Crippen MR) is 206 cm³/mol. The maximum absolute atomic E-state index is 13.5. The number of anilines is 1. The van der Waals surface area contributed by atoms with Crippen LogP contribution in [0.1, 0.15) is 98.7 Å². The quantitative estimate of drug-likeness (QED) is 0.124. The van der Waals surface area contributed by atoms with Crippen molar-refractivity contribution in [2.24, 2.45) is 13.0 Å². The Hall–Kier alpha value is -4.88. The van der Waals surface area contributed by atoms with Gasteiger partial charge in [0.05, 0.1) is 34.1 Å². The van der Waals surface area contributed by atoms with E-state index in [1.807, 2.05) is 45.3 Å². The first kappa shape index (κ1) is 37.9. The summed E-state index contributed by atoms with van der Waals surface area (Å²) in [5, 5.41) is 13.3. The standard InChI is InChI=1S/C40H49N7O5S/c1-8-12-26-15-11-18-29(32-22-41-31-20-34(40(4,5)6)47(7)37(31)43-32)42-33(26)23-52-35-21-30(36-24(2)13-9-14-25(36)3)44-39(45-35)46-53(50,51)28-17-10-16-27(19-28)38(48)49/h9-10,13-14,16-17,19-22,26,29,33,42H,8,11-12,15,18,23H2,1-7H3,(H,48,49)(H,44,45,46)/t26-,29?,33+/m1/s1. The second kappa shape index (κ2) is 15.2. The molecule has 6 rings (SSSR count). The van der Waals surface area contributed by atoms with Gasteiger partial charge < -0.3 is 19.7 Å². The number of carboxylic acids is 1. The number of benzene rings is 2. The molecule has 0 aliphatic carbocycles. The van der Waals surface area contributed by atoms with Gasteiger partial charge in [0.2, 0.25) is 11.8 Å². The number of carbonyl (C=O) groups is 1. The summed E-state index contributed by atoms with van der Waals surface area (Å²) >= 11 is 0. The zero-order valence-corrected chi connectivity index (χ0v) is 32.3. The molecule has 53 heavy (non-hydrogen) atoms. The average Bonchev–Trinajstić information content (AvgIpc) is 3.31. The van der Waals surface area contributed by atoms with Gasteiger partial charge in [0.25, 0.3) is 10.0 Å². The summed E-state index contributed by atoms with van der Waals surface area (Å²) in [7, 11) is -2.20. The fraction of sp³-hybridized carbons (Fsp3) is 0.425. The molecule has 0 amide bonds. The summed E-state index contributed by atoms with van der Waals surface area (Å²) < 4.78 is 38.1. The van der Waals surface area contributed by atoms with Crippen LogP contribution in [0.5, 0.6) is 5.88 Å². The number of rotatable bonds is 11. The van der Waals surface area contributed by atoms with E-state index < -0.39 is 16.0 Å². The molecule has 1 aliphatic rings. The number of nitrogens with one attached hydrogen (secondary N) is 2.